The molecule has 1 aromatic rings. The van der Waals surface area contributed by atoms with Crippen molar-refractivity contribution in [3.8, 4) is 5.75 Å². The van der Waals surface area contributed by atoms with E-state index < -0.39 is 94.5 Å². The Morgan fingerprint density at radius 3 is 1.98 bits per heavy atom. The molecule has 51 heavy (non-hydrogen) atoms. The van der Waals surface area contributed by atoms with Crippen molar-refractivity contribution in [2.45, 2.75) is 75.7 Å². The molecule has 4 fully saturated rings. The molecule has 0 N–H and O–H groups in total. The molecular weight excluding hydrogens is 668 g/mol. The van der Waals surface area contributed by atoms with E-state index in [0.29, 0.717) is 11.5 Å². The molecule has 14 nitrogen and oxygen atoms in total. The Hall–Kier alpha value is -4.01. The van der Waals surface area contributed by atoms with E-state index in [2.05, 4.69) is 0 Å². The number of carbonyl (C=O) groups excluding carboxylic acids is 5. The van der Waals surface area contributed by atoms with Crippen molar-refractivity contribution >= 4 is 30.2 Å². The summed E-state index contributed by atoms with van der Waals surface area (Å²) in [5, 5.41) is 0. The maximum absolute atomic E-state index is 13.9. The number of rotatable bonds is 12. The smallest absolute Gasteiger partial charge is 0.338 e. The second kappa shape index (κ2) is 13.5. The van der Waals surface area contributed by atoms with Crippen molar-refractivity contribution in [3.05, 3.63) is 41.2 Å². The molecule has 0 aliphatic heterocycles. The Morgan fingerprint density at radius 1 is 0.784 bits per heavy atom. The van der Waals surface area contributed by atoms with Crippen LogP contribution in [0.3, 0.4) is 0 Å². The number of aldehydes is 1. The second-order valence-electron chi connectivity index (χ2n) is 14.3. The lowest BCUT2D eigenvalue weighted by molar-refractivity contribution is -0.253. The Balaban J connectivity index is 1.58. The van der Waals surface area contributed by atoms with Crippen molar-refractivity contribution in [1.82, 2.24) is 0 Å². The zero-order chi connectivity index (χ0) is 37.0. The fourth-order valence-electron chi connectivity index (χ4n) is 10.8. The highest BCUT2D eigenvalue weighted by molar-refractivity contribution is 5.90. The van der Waals surface area contributed by atoms with E-state index in [-0.39, 0.29) is 31.4 Å². The fraction of sp³-hybridized carbons (Fsp3) is 0.649. The van der Waals surface area contributed by atoms with Gasteiger partial charge in [0.05, 0.1) is 43.7 Å². The molecule has 0 amide bonds. The molecule has 0 aromatic heterocycles. The fourth-order valence-corrected chi connectivity index (χ4v) is 10.8. The van der Waals surface area contributed by atoms with Crippen molar-refractivity contribution in [2.75, 3.05) is 42.2 Å². The number of esters is 4. The quantitative estimate of drug-likeness (QED) is 0.176. The van der Waals surface area contributed by atoms with E-state index in [9.17, 15) is 24.0 Å². The molecule has 14 heteroatoms. The van der Waals surface area contributed by atoms with Gasteiger partial charge in [-0.15, -0.1) is 0 Å². The third-order valence-electron chi connectivity index (χ3n) is 12.1. The monoisotopic (exact) mass is 714 g/mol. The number of benzene rings is 1. The average Bonchev–Trinajstić information content (AvgIpc) is 3.66. The van der Waals surface area contributed by atoms with Crippen LogP contribution in [0.1, 0.15) is 50.4 Å². The van der Waals surface area contributed by atoms with E-state index in [1.165, 1.54) is 56.3 Å². The van der Waals surface area contributed by atoms with Crippen molar-refractivity contribution < 1.29 is 66.6 Å². The lowest BCUT2D eigenvalue weighted by atomic mass is 9.61. The van der Waals surface area contributed by atoms with E-state index in [0.717, 1.165) is 11.9 Å². The highest BCUT2D eigenvalue weighted by Crippen LogP contribution is 2.75. The van der Waals surface area contributed by atoms with Crippen LogP contribution in [0.5, 0.6) is 5.75 Å². The number of fused-ring (bicyclic) bond motifs is 6. The van der Waals surface area contributed by atoms with Gasteiger partial charge in [-0.3, -0.25) is 14.4 Å². The van der Waals surface area contributed by atoms with Gasteiger partial charge in [-0.25, -0.2) is 4.79 Å². The normalized spacial score (nSPS) is 38.6. The first-order chi connectivity index (χ1) is 24.3. The summed E-state index contributed by atoms with van der Waals surface area (Å²) in [5.41, 5.74) is -3.26. The van der Waals surface area contributed by atoms with Crippen molar-refractivity contribution in [2.24, 2.45) is 35.0 Å². The van der Waals surface area contributed by atoms with Gasteiger partial charge in [0.2, 0.25) is 0 Å². The first-order valence-electron chi connectivity index (χ1n) is 17.0. The predicted molar refractivity (Wildman–Crippen MR) is 174 cm³/mol. The number of ether oxygens (including phenoxy) is 9. The lowest BCUT2D eigenvalue weighted by Gasteiger charge is -2.54. The molecule has 3 unspecified atom stereocenters. The summed E-state index contributed by atoms with van der Waals surface area (Å²) in [6, 6.07) is 6.41. The van der Waals surface area contributed by atoms with Gasteiger partial charge in [-0.05, 0) is 48.1 Å². The Labute approximate surface area is 296 Å². The minimum Gasteiger partial charge on any atom is -0.501 e. The van der Waals surface area contributed by atoms with Crippen LogP contribution >= 0.6 is 0 Å². The molecule has 4 saturated carbocycles. The van der Waals surface area contributed by atoms with Crippen LogP contribution in [-0.4, -0.2) is 108 Å². The van der Waals surface area contributed by atoms with E-state index in [1.54, 1.807) is 24.3 Å². The molecule has 0 heterocycles. The molecule has 12 atom stereocenters. The highest BCUT2D eigenvalue weighted by atomic mass is 16.6. The second-order valence-corrected chi connectivity index (χ2v) is 14.3. The summed E-state index contributed by atoms with van der Waals surface area (Å²) >= 11 is 0. The van der Waals surface area contributed by atoms with Gasteiger partial charge in [-0.1, -0.05) is 0 Å². The van der Waals surface area contributed by atoms with Crippen molar-refractivity contribution in [3.63, 3.8) is 0 Å². The van der Waals surface area contributed by atoms with E-state index in [4.69, 9.17) is 42.6 Å². The zero-order valence-electron chi connectivity index (χ0n) is 30.1. The SMILES string of the molecule is COC[C@]1(C=O)C2C(=C(OC)C[C@H]1OC(C)=O)[C@H]1C3C[C@]4(OC(C)=O)[C@@H](OC)C[C@@](OC(C)=O)(C3[C@H]4OC(=O)c3ccc(OC)cc3)[C@H]1[C@@H]2OC. The molecule has 5 aliphatic carbocycles. The molecule has 0 saturated heterocycles. The summed E-state index contributed by atoms with van der Waals surface area (Å²) in [5.74, 6) is -4.33. The molecule has 278 valence electrons. The summed E-state index contributed by atoms with van der Waals surface area (Å²) in [6.07, 6.45) is -2.64. The van der Waals surface area contributed by atoms with Gasteiger partial charge in [0.15, 0.2) is 11.7 Å². The van der Waals surface area contributed by atoms with Crippen molar-refractivity contribution in [1.29, 1.82) is 0 Å². The largest absolute Gasteiger partial charge is 0.501 e. The number of carbonyl (C=O) groups is 5. The molecule has 2 bridgehead atoms. The van der Waals surface area contributed by atoms with Gasteiger partial charge < -0.3 is 47.4 Å². The van der Waals surface area contributed by atoms with Gasteiger partial charge in [0, 0.05) is 72.7 Å². The molecular formula is C37H46O14. The van der Waals surface area contributed by atoms with Gasteiger partial charge in [0.25, 0.3) is 0 Å². The lowest BCUT2D eigenvalue weighted by Crippen LogP contribution is -2.68. The summed E-state index contributed by atoms with van der Waals surface area (Å²) in [4.78, 5) is 65.9. The first-order valence-corrected chi connectivity index (χ1v) is 17.0. The number of hydrogen-bond donors (Lipinski definition) is 0. The highest BCUT2D eigenvalue weighted by Gasteiger charge is 2.84. The predicted octanol–water partition coefficient (Wildman–Crippen LogP) is 2.84. The molecule has 5 aliphatic rings. The maximum atomic E-state index is 13.9. The van der Waals surface area contributed by atoms with Crippen LogP contribution < -0.4 is 4.74 Å². The van der Waals surface area contributed by atoms with Crippen LogP contribution in [0.15, 0.2) is 35.6 Å². The number of methoxy groups -OCH3 is 5. The zero-order valence-corrected chi connectivity index (χ0v) is 30.1. The van der Waals surface area contributed by atoms with Crippen LogP contribution in [0.2, 0.25) is 0 Å². The van der Waals surface area contributed by atoms with Gasteiger partial charge in [-0.2, -0.15) is 0 Å². The first kappa shape index (κ1) is 36.8. The van der Waals surface area contributed by atoms with Gasteiger partial charge >= 0.3 is 23.9 Å². The van der Waals surface area contributed by atoms with Crippen LogP contribution in [-0.2, 0) is 57.1 Å². The maximum Gasteiger partial charge on any atom is 0.338 e. The Morgan fingerprint density at radius 2 is 1.45 bits per heavy atom. The third-order valence-corrected chi connectivity index (χ3v) is 12.1. The standard InChI is InChI=1S/C37H46O14/c1-18(39)48-25-13-24(45-6)28-27-23-14-36(50-19(2)40)26(46-7)15-37(51-20(3)41,31(27)32(47-8)30(28)35(25,16-38)17-43-4)29(23)33(36)49-34(42)21-9-11-22(44-5)12-10-21/h9-12,16,23,25-27,29-33H,13-15,17H2,1-8H3/t23?,25-,26+,27-,29?,30?,31-,32-,33-,35+,36+,37-/m1/s1. The van der Waals surface area contributed by atoms with Crippen LogP contribution in [0.25, 0.3) is 0 Å². The Kier molecular flexibility index (Phi) is 9.74. The summed E-state index contributed by atoms with van der Waals surface area (Å²) < 4.78 is 54.3. The molecule has 0 spiro atoms. The van der Waals surface area contributed by atoms with Crippen LogP contribution in [0.4, 0.5) is 0 Å². The van der Waals surface area contributed by atoms with Crippen LogP contribution in [0, 0.1) is 35.0 Å². The summed E-state index contributed by atoms with van der Waals surface area (Å²) in [6.45, 7) is 3.76. The summed E-state index contributed by atoms with van der Waals surface area (Å²) in [7, 11) is 7.48. The molecule has 1 aromatic carbocycles. The molecule has 6 rings (SSSR count). The minimum absolute atomic E-state index is 0.0726. The topological polar surface area (TPSA) is 168 Å². The average molecular weight is 715 g/mol. The van der Waals surface area contributed by atoms with E-state index >= 15 is 0 Å². The Bertz CT molecular complexity index is 1600. The molecule has 0 radical (unpaired) electrons. The minimum atomic E-state index is -1.45. The van der Waals surface area contributed by atoms with Gasteiger partial charge in [0.1, 0.15) is 29.8 Å². The third kappa shape index (κ3) is 5.35. The number of hydrogen-bond acceptors (Lipinski definition) is 14. The van der Waals surface area contributed by atoms with E-state index in [1.807, 2.05) is 0 Å².